The topological polar surface area (TPSA) is 69.9 Å². The normalized spacial score (nSPS) is 18.0. The molecule has 0 aromatic carbocycles. The van der Waals surface area contributed by atoms with Gasteiger partial charge in [0.1, 0.15) is 12.2 Å². The highest BCUT2D eigenvalue weighted by Gasteiger charge is 2.31. The zero-order chi connectivity index (χ0) is 9.07. The Bertz CT molecular complexity index is 103. The summed E-state index contributed by atoms with van der Waals surface area (Å²) in [4.78, 5) is 0. The van der Waals surface area contributed by atoms with Crippen LogP contribution in [-0.2, 0) is 4.74 Å². The minimum absolute atomic E-state index is 0.304. The van der Waals surface area contributed by atoms with Crippen molar-refractivity contribution >= 4 is 0 Å². The Hall–Kier alpha value is -0.160. The molecule has 0 aromatic heterocycles. The minimum atomic E-state index is -1.25. The quantitative estimate of drug-likeness (QED) is 0.505. The number of aliphatic hydroxyl groups is 3. The lowest BCUT2D eigenvalue weighted by molar-refractivity contribution is -0.128. The van der Waals surface area contributed by atoms with Gasteiger partial charge in [-0.1, -0.05) is 0 Å². The van der Waals surface area contributed by atoms with Crippen LogP contribution in [0.3, 0.4) is 0 Å². The third-order valence-electron chi connectivity index (χ3n) is 1.56. The van der Waals surface area contributed by atoms with Crippen molar-refractivity contribution < 1.29 is 20.1 Å². The van der Waals surface area contributed by atoms with Crippen LogP contribution < -0.4 is 0 Å². The fraction of sp³-hybridized carbons (Fsp3) is 1.00. The van der Waals surface area contributed by atoms with Gasteiger partial charge in [0.25, 0.3) is 0 Å². The van der Waals surface area contributed by atoms with Crippen molar-refractivity contribution in [2.45, 2.75) is 31.7 Å². The van der Waals surface area contributed by atoms with E-state index in [4.69, 9.17) is 9.84 Å². The molecule has 0 aromatic rings. The highest BCUT2D eigenvalue weighted by Crippen LogP contribution is 2.13. The Balaban J connectivity index is 4.09. The summed E-state index contributed by atoms with van der Waals surface area (Å²) < 4.78 is 4.73. The maximum absolute atomic E-state index is 9.31. The van der Waals surface area contributed by atoms with Crippen LogP contribution in [0, 0.1) is 0 Å². The number of rotatable bonds is 4. The van der Waals surface area contributed by atoms with E-state index in [2.05, 4.69) is 0 Å². The molecule has 0 aliphatic carbocycles. The third kappa shape index (κ3) is 3.16. The first-order valence-corrected chi connectivity index (χ1v) is 3.47. The van der Waals surface area contributed by atoms with Crippen LogP contribution in [0.25, 0.3) is 0 Å². The van der Waals surface area contributed by atoms with Crippen LogP contribution in [0.2, 0.25) is 0 Å². The van der Waals surface area contributed by atoms with E-state index in [1.54, 1.807) is 0 Å². The van der Waals surface area contributed by atoms with Crippen molar-refractivity contribution in [2.24, 2.45) is 0 Å². The molecule has 4 heteroatoms. The summed E-state index contributed by atoms with van der Waals surface area (Å²) in [5.74, 6) is 0. The SMILES string of the molecule is CO[C@H](CO)[C@@H](O)C(C)(C)O. The molecule has 0 bridgehead atoms. The van der Waals surface area contributed by atoms with Crippen LogP contribution in [0.15, 0.2) is 0 Å². The Morgan fingerprint density at radius 2 is 1.91 bits per heavy atom. The molecule has 0 amide bonds. The van der Waals surface area contributed by atoms with Crippen LogP contribution in [0.5, 0.6) is 0 Å². The standard InChI is InChI=1S/C7H16O4/c1-7(2,10)6(9)5(4-8)11-3/h5-6,8-10H,4H2,1-3H3/t5-,6-/m1/s1. The van der Waals surface area contributed by atoms with Crippen molar-refractivity contribution in [3.63, 3.8) is 0 Å². The van der Waals surface area contributed by atoms with E-state index in [0.717, 1.165) is 0 Å². The average Bonchev–Trinajstić information content (AvgIpc) is 1.88. The van der Waals surface area contributed by atoms with E-state index in [1.165, 1.54) is 21.0 Å². The first kappa shape index (κ1) is 10.8. The van der Waals surface area contributed by atoms with Gasteiger partial charge in [-0.3, -0.25) is 0 Å². The van der Waals surface area contributed by atoms with E-state index in [9.17, 15) is 10.2 Å². The molecule has 4 nitrogen and oxygen atoms in total. The number of methoxy groups -OCH3 is 1. The Morgan fingerprint density at radius 3 is 2.00 bits per heavy atom. The molecule has 0 heterocycles. The van der Waals surface area contributed by atoms with Gasteiger partial charge in [-0.2, -0.15) is 0 Å². The maximum Gasteiger partial charge on any atom is 0.110 e. The van der Waals surface area contributed by atoms with Gasteiger partial charge in [-0.25, -0.2) is 0 Å². The van der Waals surface area contributed by atoms with Gasteiger partial charge in [0.15, 0.2) is 0 Å². The second-order valence-electron chi connectivity index (χ2n) is 3.06. The lowest BCUT2D eigenvalue weighted by atomic mass is 9.97. The van der Waals surface area contributed by atoms with E-state index < -0.39 is 17.8 Å². The van der Waals surface area contributed by atoms with Gasteiger partial charge in [0.2, 0.25) is 0 Å². The van der Waals surface area contributed by atoms with Gasteiger partial charge in [-0.05, 0) is 13.8 Å². The number of hydrogen-bond acceptors (Lipinski definition) is 4. The summed E-state index contributed by atoms with van der Waals surface area (Å²) in [6.45, 7) is 2.61. The third-order valence-corrected chi connectivity index (χ3v) is 1.56. The summed E-state index contributed by atoms with van der Waals surface area (Å²) in [6, 6.07) is 0. The first-order valence-electron chi connectivity index (χ1n) is 3.47. The Morgan fingerprint density at radius 1 is 1.45 bits per heavy atom. The predicted octanol–water partition coefficient (Wildman–Crippen LogP) is -0.875. The molecule has 0 radical (unpaired) electrons. The number of hydrogen-bond donors (Lipinski definition) is 3. The summed E-state index contributed by atoms with van der Waals surface area (Å²) in [5.41, 5.74) is -1.25. The second kappa shape index (κ2) is 4.01. The molecular weight excluding hydrogens is 148 g/mol. The fourth-order valence-corrected chi connectivity index (χ4v) is 0.758. The Kier molecular flexibility index (Phi) is 3.96. The molecule has 3 N–H and O–H groups in total. The summed E-state index contributed by atoms with van der Waals surface area (Å²) >= 11 is 0. The minimum Gasteiger partial charge on any atom is -0.394 e. The van der Waals surface area contributed by atoms with Crippen LogP contribution >= 0.6 is 0 Å². The largest absolute Gasteiger partial charge is 0.394 e. The van der Waals surface area contributed by atoms with Crippen molar-refractivity contribution in [1.29, 1.82) is 0 Å². The van der Waals surface area contributed by atoms with Gasteiger partial charge >= 0.3 is 0 Å². The second-order valence-corrected chi connectivity index (χ2v) is 3.06. The van der Waals surface area contributed by atoms with Crippen LogP contribution in [-0.4, -0.2) is 46.8 Å². The molecule has 0 aliphatic heterocycles. The van der Waals surface area contributed by atoms with E-state index in [1.807, 2.05) is 0 Å². The van der Waals surface area contributed by atoms with Gasteiger partial charge in [0, 0.05) is 7.11 Å². The Labute approximate surface area is 66.4 Å². The first-order chi connectivity index (χ1) is 4.93. The zero-order valence-electron chi connectivity index (χ0n) is 7.11. The monoisotopic (exact) mass is 164 g/mol. The number of ether oxygens (including phenoxy) is 1. The average molecular weight is 164 g/mol. The van der Waals surface area contributed by atoms with Crippen molar-refractivity contribution in [3.8, 4) is 0 Å². The molecule has 0 spiro atoms. The summed E-state index contributed by atoms with van der Waals surface area (Å²) in [7, 11) is 1.37. The lowest BCUT2D eigenvalue weighted by Crippen LogP contribution is -2.47. The molecule has 0 rings (SSSR count). The smallest absolute Gasteiger partial charge is 0.110 e. The highest BCUT2D eigenvalue weighted by atomic mass is 16.5. The summed E-state index contributed by atoms with van der Waals surface area (Å²) in [6.07, 6.45) is -1.80. The predicted molar refractivity (Wildman–Crippen MR) is 40.2 cm³/mol. The maximum atomic E-state index is 9.31. The molecular formula is C7H16O4. The van der Waals surface area contributed by atoms with Crippen LogP contribution in [0.4, 0.5) is 0 Å². The van der Waals surface area contributed by atoms with Gasteiger partial charge in [-0.15, -0.1) is 0 Å². The van der Waals surface area contributed by atoms with Gasteiger partial charge < -0.3 is 20.1 Å². The number of aliphatic hydroxyl groups excluding tert-OH is 2. The molecule has 68 valence electrons. The van der Waals surface area contributed by atoms with E-state index >= 15 is 0 Å². The van der Waals surface area contributed by atoms with E-state index in [-0.39, 0.29) is 6.61 Å². The van der Waals surface area contributed by atoms with Crippen molar-refractivity contribution in [3.05, 3.63) is 0 Å². The van der Waals surface area contributed by atoms with E-state index in [0.29, 0.717) is 0 Å². The highest BCUT2D eigenvalue weighted by molar-refractivity contribution is 4.82. The molecule has 11 heavy (non-hydrogen) atoms. The van der Waals surface area contributed by atoms with Gasteiger partial charge in [0.05, 0.1) is 12.2 Å². The molecule has 0 aliphatic rings. The molecule has 0 fully saturated rings. The molecule has 2 atom stereocenters. The fourth-order valence-electron chi connectivity index (χ4n) is 0.758. The zero-order valence-corrected chi connectivity index (χ0v) is 7.11. The van der Waals surface area contributed by atoms with Crippen LogP contribution in [0.1, 0.15) is 13.8 Å². The molecule has 0 saturated carbocycles. The molecule has 0 saturated heterocycles. The van der Waals surface area contributed by atoms with Crippen molar-refractivity contribution in [2.75, 3.05) is 13.7 Å². The lowest BCUT2D eigenvalue weighted by Gasteiger charge is -2.29. The molecule has 0 unspecified atom stereocenters. The summed E-state index contributed by atoms with van der Waals surface area (Å²) in [5, 5.41) is 27.3. The van der Waals surface area contributed by atoms with Crippen molar-refractivity contribution in [1.82, 2.24) is 0 Å².